The fourth-order valence-corrected chi connectivity index (χ4v) is 1.83. The predicted molar refractivity (Wildman–Crippen MR) is 73.3 cm³/mol. The van der Waals surface area contributed by atoms with Crippen molar-refractivity contribution in [2.45, 2.75) is 13.8 Å². The van der Waals surface area contributed by atoms with E-state index < -0.39 is 0 Å². The molecule has 3 heteroatoms. The van der Waals surface area contributed by atoms with E-state index >= 15 is 0 Å². The monoisotopic (exact) mass is 286 g/mol. The summed E-state index contributed by atoms with van der Waals surface area (Å²) in [4.78, 5) is 0. The summed E-state index contributed by atoms with van der Waals surface area (Å²) in [6, 6.07) is 15.9. The number of aryl methyl sites for hydroxylation is 2. The maximum Gasteiger partial charge on any atom is 0.0105 e. The predicted octanol–water partition coefficient (Wildman–Crippen LogP) is 4.52. The van der Waals surface area contributed by atoms with E-state index in [1.807, 2.05) is 62.4 Å². The Morgan fingerprint density at radius 3 is 2.11 bits per heavy atom. The summed E-state index contributed by atoms with van der Waals surface area (Å²) in [6.07, 6.45) is 3.22. The summed E-state index contributed by atoms with van der Waals surface area (Å²) >= 11 is 0. The topological polar surface area (TPSA) is 36.2 Å². The molecule has 0 aliphatic rings. The molecule has 0 aliphatic heterocycles. The second-order valence-corrected chi connectivity index (χ2v) is 4.22. The van der Waals surface area contributed by atoms with E-state index in [4.69, 9.17) is 5.53 Å². The average molecular weight is 286 g/mol. The maximum atomic E-state index is 7.34. The van der Waals surface area contributed by atoms with E-state index in [2.05, 4.69) is 11.2 Å². The Bertz CT molecular complexity index is 603. The van der Waals surface area contributed by atoms with E-state index in [-0.39, 0.29) is 18.6 Å². The normalized spacial score (nSPS) is 10.7. The molecular weight excluding hydrogens is 271 g/mol. The SMILES string of the molecule is Cc1ccccc1[C-]=C(N=N)c1ccccc1C.[V]. The third-order valence-corrected chi connectivity index (χ3v) is 2.91. The molecule has 2 aromatic rings. The van der Waals surface area contributed by atoms with Crippen molar-refractivity contribution in [2.75, 3.05) is 0 Å². The molecule has 2 aromatic carbocycles. The van der Waals surface area contributed by atoms with Gasteiger partial charge in [-0.3, -0.25) is 0 Å². The minimum absolute atomic E-state index is 0. The zero-order valence-corrected chi connectivity index (χ0v) is 12.4. The first-order valence-electron chi connectivity index (χ1n) is 5.85. The molecule has 2 rings (SSSR count). The molecule has 0 saturated carbocycles. The Labute approximate surface area is 126 Å². The minimum atomic E-state index is 0. The zero-order valence-electron chi connectivity index (χ0n) is 11.0. The molecule has 0 heterocycles. The molecule has 1 N–H and O–H groups in total. The Hall–Kier alpha value is -1.64. The molecule has 0 unspecified atom stereocenters. The van der Waals surface area contributed by atoms with Gasteiger partial charge in [-0.05, 0) is 6.92 Å². The van der Waals surface area contributed by atoms with Crippen molar-refractivity contribution >= 4 is 5.70 Å². The second kappa shape index (κ2) is 7.08. The van der Waals surface area contributed by atoms with Gasteiger partial charge < -0.3 is 0 Å². The average Bonchev–Trinajstić information content (AvgIpc) is 2.39. The van der Waals surface area contributed by atoms with Crippen LogP contribution in [0.4, 0.5) is 0 Å². The van der Waals surface area contributed by atoms with Crippen molar-refractivity contribution in [3.8, 4) is 0 Å². The van der Waals surface area contributed by atoms with Crippen LogP contribution in [-0.2, 0) is 18.6 Å². The van der Waals surface area contributed by atoms with Crippen molar-refractivity contribution in [1.82, 2.24) is 0 Å². The summed E-state index contributed by atoms with van der Waals surface area (Å²) in [5.74, 6) is 0. The van der Waals surface area contributed by atoms with Gasteiger partial charge in [-0.15, -0.1) is 35.4 Å². The van der Waals surface area contributed by atoms with E-state index in [1.165, 1.54) is 0 Å². The fraction of sp³-hybridized carbons (Fsp3) is 0.125. The van der Waals surface area contributed by atoms with Crippen molar-refractivity contribution in [3.63, 3.8) is 0 Å². The number of hydrogen-bond donors (Lipinski definition) is 1. The standard InChI is InChI=1S/C16H15N2.V/c1-12-7-3-5-9-14(12)11-16(18-17)15-10-6-4-8-13(15)2;/h3-10,17H,1-2H3;/q-1;. The number of hydrogen-bond acceptors (Lipinski definition) is 2. The minimum Gasteiger partial charge on any atom is -0.206 e. The van der Waals surface area contributed by atoms with Gasteiger partial charge in [0.05, 0.1) is 0 Å². The van der Waals surface area contributed by atoms with Crippen LogP contribution in [-0.4, -0.2) is 0 Å². The molecule has 0 aliphatic carbocycles. The third kappa shape index (κ3) is 3.66. The molecule has 0 bridgehead atoms. The molecule has 2 nitrogen and oxygen atoms in total. The Morgan fingerprint density at radius 2 is 1.53 bits per heavy atom. The van der Waals surface area contributed by atoms with Crippen LogP contribution in [0.1, 0.15) is 22.3 Å². The van der Waals surface area contributed by atoms with Crippen LogP contribution < -0.4 is 0 Å². The van der Waals surface area contributed by atoms with Crippen molar-refractivity contribution in [2.24, 2.45) is 5.11 Å². The summed E-state index contributed by atoms with van der Waals surface area (Å²) < 4.78 is 0. The third-order valence-electron chi connectivity index (χ3n) is 2.91. The van der Waals surface area contributed by atoms with E-state index in [0.717, 1.165) is 22.3 Å². The molecule has 1 radical (unpaired) electrons. The molecule has 95 valence electrons. The van der Waals surface area contributed by atoms with E-state index in [0.29, 0.717) is 5.70 Å². The van der Waals surface area contributed by atoms with Crippen molar-refractivity contribution in [3.05, 3.63) is 76.9 Å². The Balaban J connectivity index is 0.00000180. The maximum absolute atomic E-state index is 7.34. The smallest absolute Gasteiger partial charge is 0.0105 e. The molecule has 0 atom stereocenters. The Morgan fingerprint density at radius 1 is 0.947 bits per heavy atom. The van der Waals surface area contributed by atoms with Gasteiger partial charge in [-0.1, -0.05) is 48.4 Å². The first-order chi connectivity index (χ1) is 8.72. The number of nitrogens with one attached hydrogen (secondary N) is 1. The van der Waals surface area contributed by atoms with Gasteiger partial charge in [-0.25, -0.2) is 5.53 Å². The number of benzene rings is 2. The Kier molecular flexibility index (Phi) is 5.74. The zero-order chi connectivity index (χ0) is 13.0. The largest absolute Gasteiger partial charge is 0.206 e. The van der Waals surface area contributed by atoms with Crippen molar-refractivity contribution in [1.29, 1.82) is 5.53 Å². The molecule has 0 aromatic heterocycles. The van der Waals surface area contributed by atoms with Crippen LogP contribution in [0.2, 0.25) is 0 Å². The summed E-state index contributed by atoms with van der Waals surface area (Å²) in [5.41, 5.74) is 12.1. The van der Waals surface area contributed by atoms with Crippen LogP contribution in [0.3, 0.4) is 0 Å². The first kappa shape index (κ1) is 15.4. The van der Waals surface area contributed by atoms with Gasteiger partial charge in [0.15, 0.2) is 0 Å². The molecule has 0 saturated heterocycles. The van der Waals surface area contributed by atoms with Gasteiger partial charge in [0.2, 0.25) is 0 Å². The number of rotatable bonds is 3. The summed E-state index contributed by atoms with van der Waals surface area (Å²) in [7, 11) is 0. The van der Waals surface area contributed by atoms with Crippen LogP contribution in [0.25, 0.3) is 5.70 Å². The second-order valence-electron chi connectivity index (χ2n) is 4.22. The van der Waals surface area contributed by atoms with Gasteiger partial charge in [-0.2, -0.15) is 5.11 Å². The first-order valence-corrected chi connectivity index (χ1v) is 5.85. The van der Waals surface area contributed by atoms with E-state index in [9.17, 15) is 0 Å². The summed E-state index contributed by atoms with van der Waals surface area (Å²) in [6.45, 7) is 4.04. The van der Waals surface area contributed by atoms with E-state index in [1.54, 1.807) is 0 Å². The van der Waals surface area contributed by atoms with Gasteiger partial charge in [0.25, 0.3) is 0 Å². The molecule has 0 fully saturated rings. The molecular formula is C16H15N2V-. The molecule has 0 spiro atoms. The van der Waals surface area contributed by atoms with Crippen LogP contribution in [0.5, 0.6) is 0 Å². The fourth-order valence-electron chi connectivity index (χ4n) is 1.83. The van der Waals surface area contributed by atoms with Crippen LogP contribution >= 0.6 is 0 Å². The van der Waals surface area contributed by atoms with Crippen molar-refractivity contribution < 1.29 is 18.6 Å². The van der Waals surface area contributed by atoms with Crippen LogP contribution in [0, 0.1) is 25.5 Å². The quantitative estimate of drug-likeness (QED) is 0.489. The van der Waals surface area contributed by atoms with Gasteiger partial charge in [0.1, 0.15) is 0 Å². The molecule has 0 amide bonds. The van der Waals surface area contributed by atoms with Crippen LogP contribution in [0.15, 0.2) is 53.6 Å². The van der Waals surface area contributed by atoms with Gasteiger partial charge >= 0.3 is 0 Å². The summed E-state index contributed by atoms with van der Waals surface area (Å²) in [5, 5.41) is 3.61. The molecule has 19 heavy (non-hydrogen) atoms. The number of nitrogens with zero attached hydrogens (tertiary/aromatic N) is 1. The van der Waals surface area contributed by atoms with Gasteiger partial charge in [0, 0.05) is 24.3 Å².